The third-order valence-corrected chi connectivity index (χ3v) is 4.19. The smallest absolute Gasteiger partial charge is 0.225 e. The molecule has 0 aromatic heterocycles. The lowest BCUT2D eigenvalue weighted by Crippen LogP contribution is -2.34. The highest BCUT2D eigenvalue weighted by molar-refractivity contribution is 5.89. The molecule has 1 aromatic carbocycles. The number of halogens is 1. The van der Waals surface area contributed by atoms with Gasteiger partial charge in [-0.15, -0.1) is 0 Å². The molecule has 0 unspecified atom stereocenters. The SMILES string of the molecule is CC(C)CCNC(=O)[C@H]1CC(=O)N(CCc2ccc(F)cc2)C1. The van der Waals surface area contributed by atoms with Crippen LogP contribution in [0.4, 0.5) is 4.39 Å². The van der Waals surface area contributed by atoms with E-state index in [9.17, 15) is 14.0 Å². The predicted octanol–water partition coefficient (Wildman–Crippen LogP) is 2.38. The molecule has 1 aliphatic rings. The minimum absolute atomic E-state index is 0.0242. The molecule has 0 bridgehead atoms. The number of hydrogen-bond donors (Lipinski definition) is 1. The van der Waals surface area contributed by atoms with Crippen molar-refractivity contribution in [3.05, 3.63) is 35.6 Å². The number of amides is 2. The molecule has 4 nitrogen and oxygen atoms in total. The van der Waals surface area contributed by atoms with Crippen LogP contribution in [0.15, 0.2) is 24.3 Å². The normalized spacial score (nSPS) is 17.8. The van der Waals surface area contributed by atoms with E-state index in [1.807, 2.05) is 0 Å². The van der Waals surface area contributed by atoms with E-state index in [0.717, 1.165) is 12.0 Å². The Kier molecular flexibility index (Phi) is 6.13. The number of rotatable bonds is 7. The zero-order chi connectivity index (χ0) is 16.8. The van der Waals surface area contributed by atoms with Gasteiger partial charge in [0.1, 0.15) is 5.82 Å². The van der Waals surface area contributed by atoms with Crippen LogP contribution >= 0.6 is 0 Å². The largest absolute Gasteiger partial charge is 0.356 e. The number of nitrogens with one attached hydrogen (secondary N) is 1. The summed E-state index contributed by atoms with van der Waals surface area (Å²) < 4.78 is 12.9. The fourth-order valence-electron chi connectivity index (χ4n) is 2.71. The van der Waals surface area contributed by atoms with E-state index in [1.54, 1.807) is 17.0 Å². The van der Waals surface area contributed by atoms with Crippen LogP contribution in [0.1, 0.15) is 32.3 Å². The highest BCUT2D eigenvalue weighted by Gasteiger charge is 2.33. The Labute approximate surface area is 137 Å². The van der Waals surface area contributed by atoms with E-state index in [4.69, 9.17) is 0 Å². The van der Waals surface area contributed by atoms with Crippen molar-refractivity contribution in [2.75, 3.05) is 19.6 Å². The van der Waals surface area contributed by atoms with Crippen molar-refractivity contribution < 1.29 is 14.0 Å². The van der Waals surface area contributed by atoms with Gasteiger partial charge in [-0.05, 0) is 36.5 Å². The van der Waals surface area contributed by atoms with E-state index in [0.29, 0.717) is 32.0 Å². The molecule has 23 heavy (non-hydrogen) atoms. The maximum atomic E-state index is 12.9. The van der Waals surface area contributed by atoms with Crippen LogP contribution in [-0.2, 0) is 16.0 Å². The molecule has 1 N–H and O–H groups in total. The molecule has 1 fully saturated rings. The Morgan fingerprint density at radius 3 is 2.70 bits per heavy atom. The highest BCUT2D eigenvalue weighted by atomic mass is 19.1. The summed E-state index contributed by atoms with van der Waals surface area (Å²) in [6, 6.07) is 6.30. The number of carbonyl (C=O) groups excluding carboxylic acids is 2. The van der Waals surface area contributed by atoms with E-state index in [-0.39, 0.29) is 30.0 Å². The standard InChI is InChI=1S/C18H25FN2O2/c1-13(2)7-9-20-18(23)15-11-17(22)21(12-15)10-8-14-3-5-16(19)6-4-14/h3-6,13,15H,7-12H2,1-2H3,(H,20,23)/t15-/m0/s1. The number of carbonyl (C=O) groups is 2. The first-order valence-corrected chi connectivity index (χ1v) is 8.25. The summed E-state index contributed by atoms with van der Waals surface area (Å²) in [6.45, 7) is 5.94. The van der Waals surface area contributed by atoms with Crippen molar-refractivity contribution in [2.45, 2.75) is 33.1 Å². The van der Waals surface area contributed by atoms with Gasteiger partial charge in [-0.2, -0.15) is 0 Å². The maximum Gasteiger partial charge on any atom is 0.225 e. The Hall–Kier alpha value is -1.91. The van der Waals surface area contributed by atoms with Gasteiger partial charge < -0.3 is 10.2 Å². The van der Waals surface area contributed by atoms with Crippen LogP contribution in [0, 0.1) is 17.7 Å². The van der Waals surface area contributed by atoms with Gasteiger partial charge >= 0.3 is 0 Å². The molecule has 1 saturated heterocycles. The molecule has 2 amide bonds. The molecule has 5 heteroatoms. The average molecular weight is 320 g/mol. The molecule has 2 rings (SSSR count). The van der Waals surface area contributed by atoms with Crippen molar-refractivity contribution in [3.63, 3.8) is 0 Å². The lowest BCUT2D eigenvalue weighted by atomic mass is 10.1. The van der Waals surface area contributed by atoms with Crippen LogP contribution in [0.5, 0.6) is 0 Å². The lowest BCUT2D eigenvalue weighted by Gasteiger charge is -2.16. The second-order valence-electron chi connectivity index (χ2n) is 6.59. The summed E-state index contributed by atoms with van der Waals surface area (Å²) in [7, 11) is 0. The van der Waals surface area contributed by atoms with Crippen LogP contribution in [0.25, 0.3) is 0 Å². The van der Waals surface area contributed by atoms with Crippen LogP contribution in [-0.4, -0.2) is 36.3 Å². The second-order valence-corrected chi connectivity index (χ2v) is 6.59. The van der Waals surface area contributed by atoms with Crippen molar-refractivity contribution in [1.82, 2.24) is 10.2 Å². The second kappa shape index (κ2) is 8.09. The minimum Gasteiger partial charge on any atom is -0.356 e. The van der Waals surface area contributed by atoms with Crippen LogP contribution in [0.3, 0.4) is 0 Å². The number of hydrogen-bond acceptors (Lipinski definition) is 2. The first-order valence-electron chi connectivity index (χ1n) is 8.25. The molecule has 1 atom stereocenters. The van der Waals surface area contributed by atoms with Gasteiger partial charge in [0.05, 0.1) is 5.92 Å². The topological polar surface area (TPSA) is 49.4 Å². The van der Waals surface area contributed by atoms with Gasteiger partial charge in [0.15, 0.2) is 0 Å². The molecule has 1 aromatic rings. The van der Waals surface area contributed by atoms with E-state index < -0.39 is 0 Å². The van der Waals surface area contributed by atoms with Gasteiger partial charge in [0, 0.05) is 26.1 Å². The third-order valence-electron chi connectivity index (χ3n) is 4.19. The zero-order valence-corrected chi connectivity index (χ0v) is 13.8. The molecule has 1 heterocycles. The maximum absolute atomic E-state index is 12.9. The summed E-state index contributed by atoms with van der Waals surface area (Å²) in [5.74, 6) is 0.0409. The van der Waals surface area contributed by atoms with Crippen molar-refractivity contribution >= 4 is 11.8 Å². The molecule has 1 aliphatic heterocycles. The summed E-state index contributed by atoms with van der Waals surface area (Å²) >= 11 is 0. The van der Waals surface area contributed by atoms with E-state index >= 15 is 0 Å². The molecule has 0 aliphatic carbocycles. The molecule has 0 radical (unpaired) electrons. The monoisotopic (exact) mass is 320 g/mol. The molecule has 126 valence electrons. The number of benzene rings is 1. The first kappa shape index (κ1) is 17.4. The Morgan fingerprint density at radius 1 is 1.35 bits per heavy atom. The Balaban J connectivity index is 1.78. The average Bonchev–Trinajstić information content (AvgIpc) is 2.87. The van der Waals surface area contributed by atoms with Crippen molar-refractivity contribution in [3.8, 4) is 0 Å². The summed E-state index contributed by atoms with van der Waals surface area (Å²) in [5, 5.41) is 2.92. The number of nitrogens with zero attached hydrogens (tertiary/aromatic N) is 1. The minimum atomic E-state index is -0.260. The third kappa shape index (κ3) is 5.34. The fourth-order valence-corrected chi connectivity index (χ4v) is 2.71. The van der Waals surface area contributed by atoms with Crippen LogP contribution in [0.2, 0.25) is 0 Å². The predicted molar refractivity (Wildman–Crippen MR) is 87.3 cm³/mol. The molecular formula is C18H25FN2O2. The van der Waals surface area contributed by atoms with Gasteiger partial charge in [0.25, 0.3) is 0 Å². The van der Waals surface area contributed by atoms with Crippen molar-refractivity contribution in [2.24, 2.45) is 11.8 Å². The summed E-state index contributed by atoms with van der Waals surface area (Å²) in [5.41, 5.74) is 0.990. The van der Waals surface area contributed by atoms with E-state index in [2.05, 4.69) is 19.2 Å². The van der Waals surface area contributed by atoms with E-state index in [1.165, 1.54) is 12.1 Å². The summed E-state index contributed by atoms with van der Waals surface area (Å²) in [6.07, 6.45) is 1.91. The lowest BCUT2D eigenvalue weighted by molar-refractivity contribution is -0.129. The Morgan fingerprint density at radius 2 is 2.04 bits per heavy atom. The van der Waals surface area contributed by atoms with Gasteiger partial charge in [-0.3, -0.25) is 9.59 Å². The fraction of sp³-hybridized carbons (Fsp3) is 0.556. The Bertz CT molecular complexity index is 542. The highest BCUT2D eigenvalue weighted by Crippen LogP contribution is 2.18. The molecule has 0 saturated carbocycles. The van der Waals surface area contributed by atoms with Gasteiger partial charge in [-0.25, -0.2) is 4.39 Å². The zero-order valence-electron chi connectivity index (χ0n) is 13.8. The van der Waals surface area contributed by atoms with Crippen molar-refractivity contribution in [1.29, 1.82) is 0 Å². The summed E-state index contributed by atoms with van der Waals surface area (Å²) in [4.78, 5) is 25.9. The molecule has 0 spiro atoms. The van der Waals surface area contributed by atoms with Gasteiger partial charge in [-0.1, -0.05) is 26.0 Å². The number of likely N-dealkylation sites (tertiary alicyclic amines) is 1. The molecular weight excluding hydrogens is 295 g/mol. The quantitative estimate of drug-likeness (QED) is 0.838. The first-order chi connectivity index (χ1) is 11.0. The van der Waals surface area contributed by atoms with Gasteiger partial charge in [0.2, 0.25) is 11.8 Å². The van der Waals surface area contributed by atoms with Crippen LogP contribution < -0.4 is 5.32 Å².